The van der Waals surface area contributed by atoms with Gasteiger partial charge in [0, 0.05) is 0 Å². The van der Waals surface area contributed by atoms with Crippen LogP contribution in [0, 0.1) is 0 Å². The summed E-state index contributed by atoms with van der Waals surface area (Å²) in [6.07, 6.45) is 1.58. The van der Waals surface area contributed by atoms with E-state index in [9.17, 15) is 4.79 Å². The molecule has 5 heteroatoms. The molecule has 1 rings (SSSR count). The highest BCUT2D eigenvalue weighted by Gasteiger charge is 2.08. The molecule has 0 unspecified atom stereocenters. The van der Waals surface area contributed by atoms with Crippen LogP contribution in [0.5, 0.6) is 5.75 Å². The third-order valence-corrected chi connectivity index (χ3v) is 2.08. The fourth-order valence-electron chi connectivity index (χ4n) is 0.932. The number of nitrogens with zero attached hydrogens (tertiary/aromatic N) is 1. The Morgan fingerprint density at radius 1 is 1.67 bits per heavy atom. The molecule has 1 amide bonds. The zero-order valence-electron chi connectivity index (χ0n) is 8.66. The number of hydrogen-bond donors (Lipinski definition) is 1. The van der Waals surface area contributed by atoms with Crippen molar-refractivity contribution in [3.63, 3.8) is 0 Å². The first kappa shape index (κ1) is 12.0. The van der Waals surface area contributed by atoms with Gasteiger partial charge in [-0.2, -0.15) is 0 Å². The highest BCUT2D eigenvalue weighted by molar-refractivity contribution is 9.10. The van der Waals surface area contributed by atoms with Crippen molar-refractivity contribution in [3.05, 3.63) is 18.3 Å². The van der Waals surface area contributed by atoms with Gasteiger partial charge in [0.1, 0.15) is 11.6 Å². The second kappa shape index (κ2) is 5.70. The molecule has 0 saturated carbocycles. The van der Waals surface area contributed by atoms with Gasteiger partial charge in [0.15, 0.2) is 0 Å². The van der Waals surface area contributed by atoms with E-state index < -0.39 is 0 Å². The van der Waals surface area contributed by atoms with Crippen LogP contribution in [0.4, 0.5) is 5.82 Å². The van der Waals surface area contributed by atoms with Crippen LogP contribution in [0.3, 0.4) is 0 Å². The Labute approximate surface area is 97.2 Å². The lowest BCUT2D eigenvalue weighted by Gasteiger charge is -2.06. The van der Waals surface area contributed by atoms with Crippen molar-refractivity contribution in [1.29, 1.82) is 0 Å². The number of nitrogens with one attached hydrogen (secondary N) is 1. The molecule has 4 nitrogen and oxygen atoms in total. The van der Waals surface area contributed by atoms with E-state index in [2.05, 4.69) is 26.2 Å². The summed E-state index contributed by atoms with van der Waals surface area (Å²) in [5.74, 6) is 1.10. The van der Waals surface area contributed by atoms with Crippen LogP contribution in [-0.2, 0) is 4.79 Å². The normalized spacial score (nSPS) is 11.9. The van der Waals surface area contributed by atoms with E-state index in [0.29, 0.717) is 18.2 Å². The van der Waals surface area contributed by atoms with Crippen LogP contribution in [0.1, 0.15) is 13.8 Å². The maximum Gasteiger partial charge on any atom is 0.239 e. The topological polar surface area (TPSA) is 51.2 Å². The summed E-state index contributed by atoms with van der Waals surface area (Å²) in [5, 5.41) is 2.66. The van der Waals surface area contributed by atoms with Crippen molar-refractivity contribution >= 4 is 27.7 Å². The third kappa shape index (κ3) is 3.87. The van der Waals surface area contributed by atoms with Crippen molar-refractivity contribution in [2.45, 2.75) is 18.7 Å². The van der Waals surface area contributed by atoms with Gasteiger partial charge in [-0.1, -0.05) is 15.9 Å². The number of alkyl halides is 1. The minimum Gasteiger partial charge on any atom is -0.492 e. The van der Waals surface area contributed by atoms with E-state index in [-0.39, 0.29) is 10.7 Å². The van der Waals surface area contributed by atoms with Gasteiger partial charge in [0.2, 0.25) is 5.91 Å². The largest absolute Gasteiger partial charge is 0.492 e. The van der Waals surface area contributed by atoms with Gasteiger partial charge in [-0.15, -0.1) is 0 Å². The number of carbonyl (C=O) groups is 1. The summed E-state index contributed by atoms with van der Waals surface area (Å²) in [5.41, 5.74) is 0. The lowest BCUT2D eigenvalue weighted by molar-refractivity contribution is -0.115. The average Bonchev–Trinajstić information content (AvgIpc) is 2.21. The Kier molecular flexibility index (Phi) is 4.55. The quantitative estimate of drug-likeness (QED) is 0.855. The average molecular weight is 273 g/mol. The summed E-state index contributed by atoms with van der Waals surface area (Å²) in [7, 11) is 0. The van der Waals surface area contributed by atoms with Gasteiger partial charge in [0.05, 0.1) is 17.6 Å². The van der Waals surface area contributed by atoms with Gasteiger partial charge in [0.25, 0.3) is 0 Å². The maximum absolute atomic E-state index is 11.3. The Balaban J connectivity index is 2.60. The zero-order chi connectivity index (χ0) is 11.3. The molecular weight excluding hydrogens is 260 g/mol. The van der Waals surface area contributed by atoms with Crippen LogP contribution >= 0.6 is 15.9 Å². The summed E-state index contributed by atoms with van der Waals surface area (Å²) in [6.45, 7) is 4.26. The molecule has 1 atom stereocenters. The lowest BCUT2D eigenvalue weighted by Crippen LogP contribution is -2.20. The SMILES string of the molecule is CCOc1ccc(NC(=O)[C@@H](C)Br)nc1. The highest BCUT2D eigenvalue weighted by Crippen LogP contribution is 2.12. The van der Waals surface area contributed by atoms with Crippen molar-refractivity contribution in [1.82, 2.24) is 4.98 Å². The first-order valence-corrected chi connectivity index (χ1v) is 5.59. The Hall–Kier alpha value is -1.10. The number of ether oxygens (including phenoxy) is 1. The number of rotatable bonds is 4. The Morgan fingerprint density at radius 3 is 2.87 bits per heavy atom. The molecule has 0 spiro atoms. The summed E-state index contributed by atoms with van der Waals surface area (Å²) in [4.78, 5) is 15.1. The predicted octanol–water partition coefficient (Wildman–Crippen LogP) is 2.20. The Morgan fingerprint density at radius 2 is 2.40 bits per heavy atom. The van der Waals surface area contributed by atoms with E-state index >= 15 is 0 Å². The van der Waals surface area contributed by atoms with Crippen LogP contribution in [0.15, 0.2) is 18.3 Å². The fourth-order valence-corrected chi connectivity index (χ4v) is 1.05. The molecule has 0 saturated heterocycles. The van der Waals surface area contributed by atoms with E-state index in [0.717, 1.165) is 0 Å². The standard InChI is InChI=1S/C10H13BrN2O2/c1-3-15-8-4-5-9(12-6-8)13-10(14)7(2)11/h4-7H,3H2,1-2H3,(H,12,13,14)/t7-/m1/s1. The minimum absolute atomic E-state index is 0.119. The van der Waals surface area contributed by atoms with Gasteiger partial charge in [-0.05, 0) is 26.0 Å². The highest BCUT2D eigenvalue weighted by atomic mass is 79.9. The molecule has 0 fully saturated rings. The van der Waals surface area contributed by atoms with E-state index in [1.165, 1.54) is 0 Å². The van der Waals surface area contributed by atoms with Gasteiger partial charge < -0.3 is 10.1 Å². The van der Waals surface area contributed by atoms with Crippen molar-refractivity contribution in [2.75, 3.05) is 11.9 Å². The molecule has 0 aliphatic carbocycles. The molecule has 0 aromatic carbocycles. The number of halogens is 1. The smallest absolute Gasteiger partial charge is 0.239 e. The van der Waals surface area contributed by atoms with Crippen LogP contribution in [0.25, 0.3) is 0 Å². The first-order chi connectivity index (χ1) is 7.13. The van der Waals surface area contributed by atoms with Crippen molar-refractivity contribution < 1.29 is 9.53 Å². The van der Waals surface area contributed by atoms with Gasteiger partial charge in [-0.25, -0.2) is 4.98 Å². The molecule has 0 aliphatic rings. The molecule has 15 heavy (non-hydrogen) atoms. The number of amides is 1. The zero-order valence-corrected chi connectivity index (χ0v) is 10.2. The summed E-state index contributed by atoms with van der Waals surface area (Å²) < 4.78 is 5.23. The fraction of sp³-hybridized carbons (Fsp3) is 0.400. The monoisotopic (exact) mass is 272 g/mol. The number of aromatic nitrogens is 1. The van der Waals surface area contributed by atoms with E-state index in [4.69, 9.17) is 4.74 Å². The van der Waals surface area contributed by atoms with E-state index in [1.807, 2.05) is 6.92 Å². The predicted molar refractivity (Wildman–Crippen MR) is 62.4 cm³/mol. The molecule has 1 heterocycles. The maximum atomic E-state index is 11.3. The van der Waals surface area contributed by atoms with Crippen LogP contribution < -0.4 is 10.1 Å². The molecular formula is C10H13BrN2O2. The molecule has 0 aliphatic heterocycles. The van der Waals surface area contributed by atoms with Crippen LogP contribution in [0.2, 0.25) is 0 Å². The molecule has 0 bridgehead atoms. The Bertz CT molecular complexity index is 325. The van der Waals surface area contributed by atoms with E-state index in [1.54, 1.807) is 25.3 Å². The second-order valence-corrected chi connectivity index (χ2v) is 4.29. The molecule has 82 valence electrons. The summed E-state index contributed by atoms with van der Waals surface area (Å²) in [6, 6.07) is 3.48. The molecule has 1 N–H and O–H groups in total. The first-order valence-electron chi connectivity index (χ1n) is 4.67. The number of carbonyl (C=O) groups excluding carboxylic acids is 1. The number of anilines is 1. The lowest BCUT2D eigenvalue weighted by atomic mass is 10.4. The third-order valence-electron chi connectivity index (χ3n) is 1.66. The minimum atomic E-state index is -0.231. The van der Waals surface area contributed by atoms with Gasteiger partial charge in [-0.3, -0.25) is 4.79 Å². The van der Waals surface area contributed by atoms with Crippen molar-refractivity contribution in [2.24, 2.45) is 0 Å². The van der Waals surface area contributed by atoms with Crippen LogP contribution in [-0.4, -0.2) is 22.3 Å². The number of pyridine rings is 1. The second-order valence-electron chi connectivity index (χ2n) is 2.92. The molecule has 1 aromatic rings. The number of hydrogen-bond acceptors (Lipinski definition) is 3. The molecule has 1 aromatic heterocycles. The van der Waals surface area contributed by atoms with Crippen molar-refractivity contribution in [3.8, 4) is 5.75 Å². The molecule has 0 radical (unpaired) electrons. The summed E-state index contributed by atoms with van der Waals surface area (Å²) >= 11 is 3.17. The van der Waals surface area contributed by atoms with Gasteiger partial charge >= 0.3 is 0 Å².